The molecule has 0 aliphatic carbocycles. The van der Waals surface area contributed by atoms with Crippen LogP contribution in [0.4, 0.5) is 5.69 Å². The molecule has 1 aromatic carbocycles. The van der Waals surface area contributed by atoms with Crippen molar-refractivity contribution in [3.05, 3.63) is 29.8 Å². The maximum atomic E-state index is 12.4. The quantitative estimate of drug-likeness (QED) is 0.889. The first-order valence-electron chi connectivity index (χ1n) is 9.19. The lowest BCUT2D eigenvalue weighted by Crippen LogP contribution is -2.53. The van der Waals surface area contributed by atoms with E-state index in [9.17, 15) is 4.79 Å². The summed E-state index contributed by atoms with van der Waals surface area (Å²) in [5.41, 5.74) is 2.15. The minimum atomic E-state index is -0.282. The van der Waals surface area contributed by atoms with Crippen molar-refractivity contribution in [3.8, 4) is 0 Å². The van der Waals surface area contributed by atoms with Crippen molar-refractivity contribution in [2.24, 2.45) is 0 Å². The highest BCUT2D eigenvalue weighted by Crippen LogP contribution is 2.16. The van der Waals surface area contributed by atoms with Crippen molar-refractivity contribution in [1.82, 2.24) is 10.2 Å². The molecule has 3 rings (SSSR count). The minimum absolute atomic E-state index is 0.0255. The average molecular weight is 331 g/mol. The van der Waals surface area contributed by atoms with Gasteiger partial charge in [0.15, 0.2) is 0 Å². The number of morpholine rings is 1. The van der Waals surface area contributed by atoms with Crippen LogP contribution < -0.4 is 10.6 Å². The summed E-state index contributed by atoms with van der Waals surface area (Å²) in [6.45, 7) is 6.71. The third kappa shape index (κ3) is 4.79. The molecule has 2 saturated heterocycles. The zero-order chi connectivity index (χ0) is 16.8. The van der Waals surface area contributed by atoms with Crippen LogP contribution in [0.3, 0.4) is 0 Å². The highest BCUT2D eigenvalue weighted by Gasteiger charge is 2.28. The number of anilines is 1. The van der Waals surface area contributed by atoms with Crippen LogP contribution in [-0.4, -0.2) is 49.2 Å². The van der Waals surface area contributed by atoms with Crippen molar-refractivity contribution < 1.29 is 9.53 Å². The molecule has 2 N–H and O–H groups in total. The molecular formula is C19H29N3O2. The zero-order valence-electron chi connectivity index (χ0n) is 14.6. The highest BCUT2D eigenvalue weighted by molar-refractivity contribution is 5.95. The number of hydrogen-bond acceptors (Lipinski definition) is 4. The maximum Gasteiger partial charge on any atom is 0.244 e. The van der Waals surface area contributed by atoms with Gasteiger partial charge in [-0.1, -0.05) is 25.0 Å². The number of amides is 1. The Kier molecular flexibility index (Phi) is 6.24. The predicted octanol–water partition coefficient (Wildman–Crippen LogP) is 2.38. The fraction of sp³-hybridized carbons (Fsp3) is 0.632. The van der Waals surface area contributed by atoms with Crippen LogP contribution in [-0.2, 0) is 16.1 Å². The van der Waals surface area contributed by atoms with E-state index in [1.807, 2.05) is 19.1 Å². The van der Waals surface area contributed by atoms with Gasteiger partial charge in [0.2, 0.25) is 5.91 Å². The fourth-order valence-electron chi connectivity index (χ4n) is 3.49. The van der Waals surface area contributed by atoms with Crippen LogP contribution in [0.1, 0.15) is 38.2 Å². The molecule has 0 unspecified atom stereocenters. The van der Waals surface area contributed by atoms with Crippen LogP contribution in [0.2, 0.25) is 0 Å². The molecule has 0 aromatic heterocycles. The van der Waals surface area contributed by atoms with E-state index in [0.717, 1.165) is 18.8 Å². The van der Waals surface area contributed by atoms with Gasteiger partial charge in [-0.25, -0.2) is 0 Å². The SMILES string of the molecule is C[C@H]1OCCN[C@@H]1C(=O)Nc1ccc(CN2CCCCCC2)cc1. The summed E-state index contributed by atoms with van der Waals surface area (Å²) in [4.78, 5) is 14.9. The molecule has 2 atom stereocenters. The second-order valence-electron chi connectivity index (χ2n) is 6.88. The van der Waals surface area contributed by atoms with Gasteiger partial charge in [-0.15, -0.1) is 0 Å². The Morgan fingerprint density at radius 1 is 1.21 bits per heavy atom. The maximum absolute atomic E-state index is 12.4. The molecule has 5 nitrogen and oxygen atoms in total. The van der Waals surface area contributed by atoms with E-state index in [1.54, 1.807) is 0 Å². The van der Waals surface area contributed by atoms with Crippen molar-refractivity contribution in [2.75, 3.05) is 31.6 Å². The Hall–Kier alpha value is -1.43. The normalized spacial score (nSPS) is 25.9. The molecule has 0 spiro atoms. The minimum Gasteiger partial charge on any atom is -0.375 e. The Labute approximate surface area is 144 Å². The lowest BCUT2D eigenvalue weighted by atomic mass is 10.1. The first kappa shape index (κ1) is 17.4. The summed E-state index contributed by atoms with van der Waals surface area (Å²) >= 11 is 0. The number of likely N-dealkylation sites (tertiary alicyclic amines) is 1. The molecule has 2 fully saturated rings. The number of nitrogens with one attached hydrogen (secondary N) is 2. The molecule has 24 heavy (non-hydrogen) atoms. The van der Waals surface area contributed by atoms with Gasteiger partial charge in [0.1, 0.15) is 6.04 Å². The summed E-state index contributed by atoms with van der Waals surface area (Å²) in [6, 6.07) is 7.96. The van der Waals surface area contributed by atoms with E-state index < -0.39 is 0 Å². The third-order valence-electron chi connectivity index (χ3n) is 4.93. The number of benzene rings is 1. The molecule has 132 valence electrons. The van der Waals surface area contributed by atoms with E-state index in [4.69, 9.17) is 4.74 Å². The third-order valence-corrected chi connectivity index (χ3v) is 4.93. The second kappa shape index (κ2) is 8.60. The average Bonchev–Trinajstić information content (AvgIpc) is 2.86. The summed E-state index contributed by atoms with van der Waals surface area (Å²) in [5, 5.41) is 6.20. The molecule has 1 amide bonds. The molecule has 5 heteroatoms. The number of rotatable bonds is 4. The van der Waals surface area contributed by atoms with Crippen LogP contribution in [0.25, 0.3) is 0 Å². The Balaban J connectivity index is 1.53. The number of carbonyl (C=O) groups excluding carboxylic acids is 1. The lowest BCUT2D eigenvalue weighted by molar-refractivity contribution is -0.123. The Morgan fingerprint density at radius 3 is 2.58 bits per heavy atom. The summed E-state index contributed by atoms with van der Waals surface area (Å²) in [6.07, 6.45) is 5.24. The van der Waals surface area contributed by atoms with Crippen LogP contribution >= 0.6 is 0 Å². The first-order valence-corrected chi connectivity index (χ1v) is 9.19. The van der Waals surface area contributed by atoms with E-state index in [0.29, 0.717) is 6.61 Å². The molecule has 0 radical (unpaired) electrons. The van der Waals surface area contributed by atoms with Gasteiger partial charge in [0.05, 0.1) is 12.7 Å². The van der Waals surface area contributed by atoms with Crippen molar-refractivity contribution in [3.63, 3.8) is 0 Å². The molecular weight excluding hydrogens is 302 g/mol. The van der Waals surface area contributed by atoms with Crippen LogP contribution in [0.5, 0.6) is 0 Å². The Bertz CT molecular complexity index is 524. The summed E-state index contributed by atoms with van der Waals surface area (Å²) < 4.78 is 5.53. The number of carbonyl (C=O) groups is 1. The number of nitrogens with zero attached hydrogens (tertiary/aromatic N) is 1. The number of ether oxygens (including phenoxy) is 1. The zero-order valence-corrected chi connectivity index (χ0v) is 14.6. The van der Waals surface area contributed by atoms with Crippen LogP contribution in [0, 0.1) is 0 Å². The highest BCUT2D eigenvalue weighted by atomic mass is 16.5. The topological polar surface area (TPSA) is 53.6 Å². The van der Waals surface area contributed by atoms with Gasteiger partial charge in [-0.2, -0.15) is 0 Å². The van der Waals surface area contributed by atoms with E-state index in [-0.39, 0.29) is 18.1 Å². The van der Waals surface area contributed by atoms with Crippen molar-refractivity contribution in [2.45, 2.75) is 51.3 Å². The van der Waals surface area contributed by atoms with Crippen LogP contribution in [0.15, 0.2) is 24.3 Å². The van der Waals surface area contributed by atoms with E-state index in [2.05, 4.69) is 27.7 Å². The van der Waals surface area contributed by atoms with Gasteiger partial charge >= 0.3 is 0 Å². The fourth-order valence-corrected chi connectivity index (χ4v) is 3.49. The smallest absolute Gasteiger partial charge is 0.244 e. The standard InChI is InChI=1S/C19H29N3O2/c1-15-18(20-10-13-24-15)19(23)21-17-8-6-16(7-9-17)14-22-11-4-2-3-5-12-22/h6-9,15,18,20H,2-5,10-14H2,1H3,(H,21,23)/t15-,18+/m1/s1. The van der Waals surface area contributed by atoms with Gasteiger partial charge in [0, 0.05) is 18.8 Å². The van der Waals surface area contributed by atoms with Gasteiger partial charge in [-0.05, 0) is 50.6 Å². The molecule has 2 aliphatic rings. The monoisotopic (exact) mass is 331 g/mol. The summed E-state index contributed by atoms with van der Waals surface area (Å²) in [5.74, 6) is -0.0255. The Morgan fingerprint density at radius 2 is 1.92 bits per heavy atom. The lowest BCUT2D eigenvalue weighted by Gasteiger charge is -2.29. The largest absolute Gasteiger partial charge is 0.375 e. The molecule has 0 bridgehead atoms. The van der Waals surface area contributed by atoms with E-state index >= 15 is 0 Å². The summed E-state index contributed by atoms with van der Waals surface area (Å²) in [7, 11) is 0. The molecule has 1 aromatic rings. The van der Waals surface area contributed by atoms with Crippen molar-refractivity contribution in [1.29, 1.82) is 0 Å². The predicted molar refractivity (Wildman–Crippen MR) is 96.0 cm³/mol. The first-order chi connectivity index (χ1) is 11.7. The number of hydrogen-bond donors (Lipinski definition) is 2. The molecule has 0 saturated carbocycles. The van der Waals surface area contributed by atoms with Gasteiger partial charge in [-0.3, -0.25) is 9.69 Å². The molecule has 2 aliphatic heterocycles. The van der Waals surface area contributed by atoms with Crippen molar-refractivity contribution >= 4 is 11.6 Å². The van der Waals surface area contributed by atoms with Gasteiger partial charge < -0.3 is 15.4 Å². The van der Waals surface area contributed by atoms with E-state index in [1.165, 1.54) is 44.3 Å². The van der Waals surface area contributed by atoms with Gasteiger partial charge in [0.25, 0.3) is 0 Å². The molecule has 2 heterocycles. The second-order valence-corrected chi connectivity index (χ2v) is 6.88.